The molecular weight excluding hydrogens is 288 g/mol. The second kappa shape index (κ2) is 5.97. The molecule has 0 aliphatic rings. The monoisotopic (exact) mass is 304 g/mol. The molecule has 0 bridgehead atoms. The summed E-state index contributed by atoms with van der Waals surface area (Å²) >= 11 is 0. The molecule has 2 aromatic rings. The third-order valence-electron chi connectivity index (χ3n) is 2.96. The smallest absolute Gasteiger partial charge is 0.257 e. The normalized spacial score (nSPS) is 11.0. The fourth-order valence-electron chi connectivity index (χ4n) is 1.90. The van der Waals surface area contributed by atoms with Gasteiger partial charge in [0.1, 0.15) is 0 Å². The average Bonchev–Trinajstić information content (AvgIpc) is 2.46. The molecular formula is C15H16N2O3S. The number of rotatable bonds is 4. The molecule has 0 aliphatic heterocycles. The third kappa shape index (κ3) is 3.61. The Labute approximate surface area is 123 Å². The molecule has 0 spiro atoms. The maximum atomic E-state index is 12.3. The number of carbonyl (C=O) groups excluding carboxylic acids is 1. The van der Waals surface area contributed by atoms with Crippen molar-refractivity contribution in [3.05, 3.63) is 54.1 Å². The number of nitrogens with one attached hydrogen (secondary N) is 2. The first kappa shape index (κ1) is 15.1. The van der Waals surface area contributed by atoms with E-state index < -0.39 is 9.84 Å². The van der Waals surface area contributed by atoms with Gasteiger partial charge in [0.05, 0.1) is 10.5 Å². The highest BCUT2D eigenvalue weighted by Gasteiger charge is 2.12. The number of amides is 1. The number of benzene rings is 2. The van der Waals surface area contributed by atoms with Crippen molar-refractivity contribution in [2.24, 2.45) is 0 Å². The molecule has 2 rings (SSSR count). The second-order valence-electron chi connectivity index (χ2n) is 4.55. The summed E-state index contributed by atoms with van der Waals surface area (Å²) in [6.07, 6.45) is 1.13. The molecule has 0 unspecified atom stereocenters. The van der Waals surface area contributed by atoms with Gasteiger partial charge in [0, 0.05) is 24.7 Å². The topological polar surface area (TPSA) is 75.3 Å². The first-order valence-electron chi connectivity index (χ1n) is 6.30. The number of carbonyl (C=O) groups is 1. The van der Waals surface area contributed by atoms with Gasteiger partial charge in [-0.05, 0) is 30.3 Å². The van der Waals surface area contributed by atoms with Gasteiger partial charge in [0.15, 0.2) is 9.84 Å². The summed E-state index contributed by atoms with van der Waals surface area (Å²) in [6, 6.07) is 13.3. The first-order valence-corrected chi connectivity index (χ1v) is 8.19. The van der Waals surface area contributed by atoms with Crippen LogP contribution in [0, 0.1) is 0 Å². The van der Waals surface area contributed by atoms with Crippen LogP contribution < -0.4 is 10.6 Å². The van der Waals surface area contributed by atoms with Crippen LogP contribution in [0.3, 0.4) is 0 Å². The summed E-state index contributed by atoms with van der Waals surface area (Å²) in [5, 5.41) is 5.64. The number of hydrogen-bond acceptors (Lipinski definition) is 4. The van der Waals surface area contributed by atoms with E-state index >= 15 is 0 Å². The fraction of sp³-hybridized carbons (Fsp3) is 0.133. The lowest BCUT2D eigenvalue weighted by atomic mass is 10.1. The predicted molar refractivity (Wildman–Crippen MR) is 83.5 cm³/mol. The second-order valence-corrected chi connectivity index (χ2v) is 6.57. The molecule has 1 amide bonds. The molecule has 0 aliphatic carbocycles. The molecule has 2 aromatic carbocycles. The molecule has 110 valence electrons. The summed E-state index contributed by atoms with van der Waals surface area (Å²) in [7, 11) is -1.57. The largest absolute Gasteiger partial charge is 0.387 e. The third-order valence-corrected chi connectivity index (χ3v) is 4.07. The van der Waals surface area contributed by atoms with Crippen molar-refractivity contribution >= 4 is 27.1 Å². The Kier molecular flexibility index (Phi) is 4.28. The lowest BCUT2D eigenvalue weighted by molar-refractivity contribution is 0.102. The highest BCUT2D eigenvalue weighted by atomic mass is 32.2. The van der Waals surface area contributed by atoms with Crippen molar-refractivity contribution in [1.82, 2.24) is 0 Å². The van der Waals surface area contributed by atoms with Crippen molar-refractivity contribution in [1.29, 1.82) is 0 Å². The van der Waals surface area contributed by atoms with Crippen LogP contribution in [-0.2, 0) is 9.84 Å². The molecule has 0 atom stereocenters. The minimum atomic E-state index is -3.30. The van der Waals surface area contributed by atoms with Crippen LogP contribution >= 0.6 is 0 Å². The van der Waals surface area contributed by atoms with Crippen molar-refractivity contribution in [3.63, 3.8) is 0 Å². The summed E-state index contributed by atoms with van der Waals surface area (Å²) in [6.45, 7) is 0. The highest BCUT2D eigenvalue weighted by Crippen LogP contribution is 2.19. The number of para-hydroxylation sites is 1. The van der Waals surface area contributed by atoms with E-state index in [2.05, 4.69) is 10.6 Å². The zero-order valence-electron chi connectivity index (χ0n) is 11.8. The van der Waals surface area contributed by atoms with Gasteiger partial charge in [-0.25, -0.2) is 8.42 Å². The summed E-state index contributed by atoms with van der Waals surface area (Å²) < 4.78 is 23.0. The maximum absolute atomic E-state index is 12.3. The molecule has 0 heterocycles. The highest BCUT2D eigenvalue weighted by molar-refractivity contribution is 7.90. The van der Waals surface area contributed by atoms with E-state index in [1.807, 2.05) is 6.07 Å². The van der Waals surface area contributed by atoms with Crippen LogP contribution in [0.1, 0.15) is 10.4 Å². The molecule has 0 radical (unpaired) electrons. The first-order chi connectivity index (χ1) is 9.91. The van der Waals surface area contributed by atoms with Crippen LogP contribution in [0.15, 0.2) is 53.4 Å². The van der Waals surface area contributed by atoms with E-state index in [4.69, 9.17) is 0 Å². The van der Waals surface area contributed by atoms with Crippen molar-refractivity contribution in [2.45, 2.75) is 4.90 Å². The number of sulfone groups is 1. The van der Waals surface area contributed by atoms with E-state index in [1.165, 1.54) is 12.1 Å². The molecule has 6 heteroatoms. The minimum absolute atomic E-state index is 0.169. The molecule has 21 heavy (non-hydrogen) atoms. The molecule has 5 nitrogen and oxygen atoms in total. The average molecular weight is 304 g/mol. The maximum Gasteiger partial charge on any atom is 0.257 e. The molecule has 0 fully saturated rings. The van der Waals surface area contributed by atoms with Gasteiger partial charge >= 0.3 is 0 Å². The zero-order chi connectivity index (χ0) is 15.5. The van der Waals surface area contributed by atoms with Crippen LogP contribution in [0.25, 0.3) is 0 Å². The Morgan fingerprint density at radius 1 is 1.05 bits per heavy atom. The van der Waals surface area contributed by atoms with Gasteiger partial charge in [-0.3, -0.25) is 4.79 Å². The standard InChI is InChI=1S/C15H16N2O3S/c1-16-14-9-4-3-8-13(14)15(18)17-11-6-5-7-12(10-11)21(2,19)20/h3-10,16H,1-2H3,(H,17,18). The molecule has 0 aromatic heterocycles. The van der Waals surface area contributed by atoms with Crippen molar-refractivity contribution in [2.75, 3.05) is 23.9 Å². The SMILES string of the molecule is CNc1ccccc1C(=O)Nc1cccc(S(C)(=O)=O)c1. The van der Waals surface area contributed by atoms with Gasteiger partial charge < -0.3 is 10.6 Å². The van der Waals surface area contributed by atoms with Crippen LogP contribution in [0.4, 0.5) is 11.4 Å². The van der Waals surface area contributed by atoms with Gasteiger partial charge in [-0.2, -0.15) is 0 Å². The predicted octanol–water partition coefficient (Wildman–Crippen LogP) is 2.38. The Morgan fingerprint density at radius 2 is 1.76 bits per heavy atom. The minimum Gasteiger partial charge on any atom is -0.387 e. The molecule has 2 N–H and O–H groups in total. The van der Waals surface area contributed by atoms with Gasteiger partial charge in [-0.15, -0.1) is 0 Å². The zero-order valence-corrected chi connectivity index (χ0v) is 12.6. The number of anilines is 2. The van der Waals surface area contributed by atoms with E-state index in [9.17, 15) is 13.2 Å². The fourth-order valence-corrected chi connectivity index (χ4v) is 2.57. The van der Waals surface area contributed by atoms with E-state index in [-0.39, 0.29) is 10.8 Å². The van der Waals surface area contributed by atoms with Crippen LogP contribution in [-0.4, -0.2) is 27.6 Å². The van der Waals surface area contributed by atoms with E-state index in [0.29, 0.717) is 16.9 Å². The van der Waals surface area contributed by atoms with E-state index in [0.717, 1.165) is 6.26 Å². The van der Waals surface area contributed by atoms with Crippen molar-refractivity contribution < 1.29 is 13.2 Å². The summed E-state index contributed by atoms with van der Waals surface area (Å²) in [5.41, 5.74) is 1.63. The number of hydrogen-bond donors (Lipinski definition) is 2. The van der Waals surface area contributed by atoms with Gasteiger partial charge in [0.25, 0.3) is 5.91 Å². The summed E-state index contributed by atoms with van der Waals surface area (Å²) in [4.78, 5) is 12.4. The van der Waals surface area contributed by atoms with Crippen LogP contribution in [0.5, 0.6) is 0 Å². The Balaban J connectivity index is 2.28. The Morgan fingerprint density at radius 3 is 2.43 bits per heavy atom. The molecule has 0 saturated heterocycles. The summed E-state index contributed by atoms with van der Waals surface area (Å²) in [5.74, 6) is -0.300. The lowest BCUT2D eigenvalue weighted by Gasteiger charge is -2.10. The quantitative estimate of drug-likeness (QED) is 0.909. The van der Waals surface area contributed by atoms with Crippen LogP contribution in [0.2, 0.25) is 0 Å². The van der Waals surface area contributed by atoms with Gasteiger partial charge in [-0.1, -0.05) is 18.2 Å². The van der Waals surface area contributed by atoms with Gasteiger partial charge in [0.2, 0.25) is 0 Å². The molecule has 0 saturated carbocycles. The Bertz CT molecular complexity index is 770. The Hall–Kier alpha value is -2.34. The van der Waals surface area contributed by atoms with Crippen molar-refractivity contribution in [3.8, 4) is 0 Å². The van der Waals surface area contributed by atoms with E-state index in [1.54, 1.807) is 37.4 Å². The lowest BCUT2D eigenvalue weighted by Crippen LogP contribution is -2.14.